The second-order valence-corrected chi connectivity index (χ2v) is 15.6. The molecule has 0 radical (unpaired) electrons. The second kappa shape index (κ2) is 13.7. The van der Waals surface area contributed by atoms with E-state index in [0.717, 1.165) is 60.9 Å². The molecule has 0 spiro atoms. The molecule has 48 heavy (non-hydrogen) atoms. The Balaban J connectivity index is 1.72. The van der Waals surface area contributed by atoms with E-state index in [2.05, 4.69) is 159 Å². The Morgan fingerprint density at radius 2 is 1.06 bits per heavy atom. The first-order valence-corrected chi connectivity index (χ1v) is 17.5. The summed E-state index contributed by atoms with van der Waals surface area (Å²) in [5, 5.41) is 0.671. The summed E-state index contributed by atoms with van der Waals surface area (Å²) in [6, 6.07) is 48.8. The number of nitrogens with zero attached hydrogens (tertiary/aromatic N) is 1. The highest BCUT2D eigenvalue weighted by Crippen LogP contribution is 2.50. The van der Waals surface area contributed by atoms with Gasteiger partial charge in [0.25, 0.3) is 0 Å². The maximum absolute atomic E-state index is 6.76. The van der Waals surface area contributed by atoms with Crippen LogP contribution in [0.15, 0.2) is 144 Å². The zero-order valence-electron chi connectivity index (χ0n) is 28.4. The van der Waals surface area contributed by atoms with Crippen molar-refractivity contribution < 1.29 is 4.74 Å². The first-order chi connectivity index (χ1) is 22.9. The molecule has 0 saturated heterocycles. The zero-order chi connectivity index (χ0) is 34.1. The highest BCUT2D eigenvalue weighted by molar-refractivity contribution is 9.10. The Labute approximate surface area is 299 Å². The standard InChI is InChI=1S/C44H41BrClNO/c1-43(2,3)32-24-37(29-39(25-32)48-38-22-20-34(45)21-23-38)47(36-19-13-18-35(46)28-36)42-40(30-14-9-7-10-15-30)26-33(44(4,5)6)27-41(42)31-16-11-8-12-17-31/h7-29H,1-6H3. The molecule has 2 nitrogen and oxygen atoms in total. The summed E-state index contributed by atoms with van der Waals surface area (Å²) in [6.45, 7) is 13.5. The summed E-state index contributed by atoms with van der Waals surface area (Å²) in [5.41, 5.74) is 9.77. The van der Waals surface area contributed by atoms with Crippen LogP contribution in [0, 0.1) is 0 Å². The normalized spacial score (nSPS) is 11.8. The fraction of sp³-hybridized carbons (Fsp3) is 0.182. The van der Waals surface area contributed by atoms with Gasteiger partial charge in [0.1, 0.15) is 11.5 Å². The Morgan fingerprint density at radius 3 is 1.58 bits per heavy atom. The van der Waals surface area contributed by atoms with Crippen LogP contribution in [0.1, 0.15) is 52.7 Å². The van der Waals surface area contributed by atoms with Crippen molar-refractivity contribution in [2.45, 2.75) is 52.4 Å². The third-order valence-electron chi connectivity index (χ3n) is 8.50. The molecule has 0 aliphatic rings. The van der Waals surface area contributed by atoms with Gasteiger partial charge in [-0.15, -0.1) is 0 Å². The van der Waals surface area contributed by atoms with Crippen molar-refractivity contribution in [1.29, 1.82) is 0 Å². The predicted octanol–water partition coefficient (Wildman–Crippen LogP) is 14.3. The van der Waals surface area contributed by atoms with Crippen LogP contribution in [-0.2, 0) is 10.8 Å². The van der Waals surface area contributed by atoms with E-state index in [-0.39, 0.29) is 10.8 Å². The molecule has 242 valence electrons. The highest BCUT2D eigenvalue weighted by atomic mass is 79.9. The molecule has 6 rings (SSSR count). The van der Waals surface area contributed by atoms with Crippen molar-refractivity contribution in [2.24, 2.45) is 0 Å². The van der Waals surface area contributed by atoms with E-state index >= 15 is 0 Å². The second-order valence-electron chi connectivity index (χ2n) is 14.2. The molecule has 0 unspecified atom stereocenters. The van der Waals surface area contributed by atoms with Gasteiger partial charge in [0.05, 0.1) is 11.4 Å². The van der Waals surface area contributed by atoms with E-state index in [4.69, 9.17) is 16.3 Å². The van der Waals surface area contributed by atoms with Gasteiger partial charge in [0.15, 0.2) is 0 Å². The first kappa shape index (κ1) is 33.6. The van der Waals surface area contributed by atoms with Gasteiger partial charge in [-0.2, -0.15) is 0 Å². The lowest BCUT2D eigenvalue weighted by Gasteiger charge is -2.33. The van der Waals surface area contributed by atoms with Crippen LogP contribution < -0.4 is 9.64 Å². The number of ether oxygens (including phenoxy) is 1. The molecule has 0 fully saturated rings. The van der Waals surface area contributed by atoms with E-state index in [1.165, 1.54) is 5.56 Å². The van der Waals surface area contributed by atoms with E-state index in [1.807, 2.05) is 42.5 Å². The van der Waals surface area contributed by atoms with E-state index in [0.29, 0.717) is 5.02 Å². The van der Waals surface area contributed by atoms with Crippen LogP contribution in [0.4, 0.5) is 17.1 Å². The molecule has 0 aliphatic carbocycles. The van der Waals surface area contributed by atoms with Gasteiger partial charge in [-0.25, -0.2) is 0 Å². The van der Waals surface area contributed by atoms with Crippen LogP contribution in [0.5, 0.6) is 11.5 Å². The number of benzene rings is 6. The van der Waals surface area contributed by atoms with Crippen molar-refractivity contribution in [3.63, 3.8) is 0 Å². The quantitative estimate of drug-likeness (QED) is 0.163. The molecule has 0 atom stereocenters. The molecular weight excluding hydrogens is 674 g/mol. The molecule has 0 aliphatic heterocycles. The molecule has 6 aromatic rings. The molecule has 0 bridgehead atoms. The third kappa shape index (κ3) is 7.54. The fourth-order valence-corrected chi connectivity index (χ4v) is 6.30. The van der Waals surface area contributed by atoms with Gasteiger partial charge in [-0.05, 0) is 99.8 Å². The fourth-order valence-electron chi connectivity index (χ4n) is 5.85. The van der Waals surface area contributed by atoms with Crippen LogP contribution in [0.3, 0.4) is 0 Å². The maximum Gasteiger partial charge on any atom is 0.129 e. The number of anilines is 3. The van der Waals surface area contributed by atoms with Gasteiger partial charge in [-0.1, -0.05) is 136 Å². The zero-order valence-corrected chi connectivity index (χ0v) is 30.7. The van der Waals surface area contributed by atoms with E-state index in [9.17, 15) is 0 Å². The molecule has 0 saturated carbocycles. The Hall–Kier alpha value is -4.31. The highest BCUT2D eigenvalue weighted by Gasteiger charge is 2.27. The Bertz CT molecular complexity index is 1960. The van der Waals surface area contributed by atoms with Crippen LogP contribution in [0.2, 0.25) is 5.02 Å². The van der Waals surface area contributed by atoms with Gasteiger partial charge < -0.3 is 9.64 Å². The summed E-state index contributed by atoms with van der Waals surface area (Å²) >= 11 is 10.3. The first-order valence-electron chi connectivity index (χ1n) is 16.3. The van der Waals surface area contributed by atoms with Crippen molar-refractivity contribution >= 4 is 44.6 Å². The smallest absolute Gasteiger partial charge is 0.129 e. The monoisotopic (exact) mass is 713 g/mol. The minimum absolute atomic E-state index is 0.0791. The van der Waals surface area contributed by atoms with Gasteiger partial charge in [0.2, 0.25) is 0 Å². The van der Waals surface area contributed by atoms with Gasteiger partial charge in [-0.3, -0.25) is 0 Å². The molecule has 4 heteroatoms. The Kier molecular flexibility index (Phi) is 9.56. The lowest BCUT2D eigenvalue weighted by atomic mass is 9.81. The topological polar surface area (TPSA) is 12.5 Å². The minimum Gasteiger partial charge on any atom is -0.457 e. The van der Waals surface area contributed by atoms with E-state index in [1.54, 1.807) is 0 Å². The largest absolute Gasteiger partial charge is 0.457 e. The van der Waals surface area contributed by atoms with Gasteiger partial charge >= 0.3 is 0 Å². The van der Waals surface area contributed by atoms with Crippen LogP contribution in [-0.4, -0.2) is 0 Å². The molecule has 0 amide bonds. The lowest BCUT2D eigenvalue weighted by Crippen LogP contribution is -2.18. The lowest BCUT2D eigenvalue weighted by molar-refractivity contribution is 0.478. The molecular formula is C44H41BrClNO. The SMILES string of the molecule is CC(C)(C)c1cc(Oc2ccc(Br)cc2)cc(N(c2cccc(Cl)c2)c2c(-c3ccccc3)cc(C(C)(C)C)cc2-c2ccccc2)c1. The van der Waals surface area contributed by atoms with Crippen LogP contribution >= 0.6 is 27.5 Å². The number of halogens is 2. The number of rotatable bonds is 7. The average Bonchev–Trinajstić information content (AvgIpc) is 3.06. The minimum atomic E-state index is -0.144. The van der Waals surface area contributed by atoms with Crippen molar-refractivity contribution in [3.8, 4) is 33.8 Å². The predicted molar refractivity (Wildman–Crippen MR) is 209 cm³/mol. The van der Waals surface area contributed by atoms with Crippen LogP contribution in [0.25, 0.3) is 22.3 Å². The summed E-state index contributed by atoms with van der Waals surface area (Å²) in [7, 11) is 0. The van der Waals surface area contributed by atoms with E-state index < -0.39 is 0 Å². The summed E-state index contributed by atoms with van der Waals surface area (Å²) < 4.78 is 7.58. The summed E-state index contributed by atoms with van der Waals surface area (Å²) in [5.74, 6) is 1.54. The summed E-state index contributed by atoms with van der Waals surface area (Å²) in [4.78, 5) is 2.35. The Morgan fingerprint density at radius 1 is 0.521 bits per heavy atom. The van der Waals surface area contributed by atoms with Crippen molar-refractivity contribution in [3.05, 3.63) is 160 Å². The molecule has 0 aromatic heterocycles. The average molecular weight is 715 g/mol. The third-order valence-corrected chi connectivity index (χ3v) is 9.26. The number of hydrogen-bond acceptors (Lipinski definition) is 2. The molecule has 0 heterocycles. The molecule has 6 aromatic carbocycles. The van der Waals surface area contributed by atoms with Gasteiger partial charge in [0, 0.05) is 32.4 Å². The van der Waals surface area contributed by atoms with Crippen molar-refractivity contribution in [1.82, 2.24) is 0 Å². The maximum atomic E-state index is 6.76. The summed E-state index contributed by atoms with van der Waals surface area (Å²) in [6.07, 6.45) is 0. The number of hydrogen-bond donors (Lipinski definition) is 0. The van der Waals surface area contributed by atoms with Crippen molar-refractivity contribution in [2.75, 3.05) is 4.90 Å². The molecule has 0 N–H and O–H groups in total.